The van der Waals surface area contributed by atoms with Gasteiger partial charge in [0.1, 0.15) is 0 Å². The largest absolute Gasteiger partial charge is 0.266 e. The van der Waals surface area contributed by atoms with Crippen molar-refractivity contribution in [3.05, 3.63) is 71.8 Å². The summed E-state index contributed by atoms with van der Waals surface area (Å²) in [6.45, 7) is 2.16. The molecule has 0 amide bonds. The second kappa shape index (κ2) is 7.74. The summed E-state index contributed by atoms with van der Waals surface area (Å²) < 4.78 is 24.7. The van der Waals surface area contributed by atoms with Crippen molar-refractivity contribution in [2.24, 2.45) is 5.92 Å². The summed E-state index contributed by atoms with van der Waals surface area (Å²) in [7, 11) is 0. The number of rotatable bonds is 4. The van der Waals surface area contributed by atoms with Gasteiger partial charge in [-0.15, -0.1) is 0 Å². The van der Waals surface area contributed by atoms with Gasteiger partial charge in [-0.2, -0.15) is 8.78 Å². The molecule has 0 aromatic heterocycles. The van der Waals surface area contributed by atoms with Crippen LogP contribution < -0.4 is 0 Å². The van der Waals surface area contributed by atoms with Crippen molar-refractivity contribution in [3.8, 4) is 11.1 Å². The number of hydrogen-bond donors (Lipinski definition) is 0. The molecule has 0 bridgehead atoms. The van der Waals surface area contributed by atoms with Crippen LogP contribution >= 0.6 is 0 Å². The molecule has 2 aromatic rings. The highest BCUT2D eigenvalue weighted by Gasteiger charge is 2.21. The average molecular weight is 326 g/mol. The van der Waals surface area contributed by atoms with Gasteiger partial charge in [0.05, 0.1) is 0 Å². The third-order valence-corrected chi connectivity index (χ3v) is 5.21. The lowest BCUT2D eigenvalue weighted by Gasteiger charge is -2.27. The van der Waals surface area contributed by atoms with Gasteiger partial charge < -0.3 is 0 Å². The zero-order valence-corrected chi connectivity index (χ0v) is 14.1. The molecule has 2 heteroatoms. The summed E-state index contributed by atoms with van der Waals surface area (Å²) in [6.07, 6.45) is 4.39. The molecule has 0 radical (unpaired) electrons. The topological polar surface area (TPSA) is 0 Å². The molecule has 0 heterocycles. The van der Waals surface area contributed by atoms with Crippen LogP contribution in [0.2, 0.25) is 0 Å². The van der Waals surface area contributed by atoms with Crippen molar-refractivity contribution >= 4 is 0 Å². The molecule has 1 aliphatic rings. The van der Waals surface area contributed by atoms with E-state index in [0.29, 0.717) is 5.92 Å². The molecule has 0 N–H and O–H groups in total. The molecule has 2 aromatic carbocycles. The first-order chi connectivity index (χ1) is 11.7. The zero-order chi connectivity index (χ0) is 16.9. The molecule has 126 valence electrons. The van der Waals surface area contributed by atoms with Crippen LogP contribution in [0.3, 0.4) is 0 Å². The molecule has 0 unspecified atom stereocenters. The summed E-state index contributed by atoms with van der Waals surface area (Å²) >= 11 is 0. The van der Waals surface area contributed by atoms with Crippen LogP contribution in [-0.4, -0.2) is 0 Å². The number of benzene rings is 2. The molecule has 3 rings (SSSR count). The Hall–Kier alpha value is -1.96. The molecule has 0 aliphatic heterocycles. The van der Waals surface area contributed by atoms with Crippen LogP contribution in [0.25, 0.3) is 11.1 Å². The minimum atomic E-state index is -1.53. The standard InChI is InChI=1S/C22H24F2/c1-2-16-3-7-18(8-4-16)20-11-13-21(14-12-20)19-9-5-17(6-10-19)15-22(23)24/h3-4,7-8,11-15,17,19H,2,5-6,9-10H2,1H3. The van der Waals surface area contributed by atoms with Crippen molar-refractivity contribution in [3.63, 3.8) is 0 Å². The lowest BCUT2D eigenvalue weighted by molar-refractivity contribution is 0.351. The fraction of sp³-hybridized carbons (Fsp3) is 0.364. The molecule has 0 atom stereocenters. The van der Waals surface area contributed by atoms with E-state index in [4.69, 9.17) is 0 Å². The molecule has 1 aliphatic carbocycles. The number of allylic oxidation sites excluding steroid dienone is 1. The van der Waals surface area contributed by atoms with E-state index in [1.165, 1.54) is 22.3 Å². The molecule has 0 spiro atoms. The second-order valence-corrected chi connectivity index (χ2v) is 6.74. The molecular weight excluding hydrogens is 302 g/mol. The van der Waals surface area contributed by atoms with Gasteiger partial charge in [0, 0.05) is 0 Å². The minimum absolute atomic E-state index is 0.0580. The van der Waals surface area contributed by atoms with E-state index >= 15 is 0 Å². The van der Waals surface area contributed by atoms with Crippen molar-refractivity contribution in [1.29, 1.82) is 0 Å². The van der Waals surface area contributed by atoms with Crippen LogP contribution in [0, 0.1) is 5.92 Å². The fourth-order valence-electron chi connectivity index (χ4n) is 3.68. The highest BCUT2D eigenvalue weighted by Crippen LogP contribution is 2.37. The summed E-state index contributed by atoms with van der Waals surface area (Å²) in [6, 6.07) is 17.5. The predicted molar refractivity (Wildman–Crippen MR) is 96.3 cm³/mol. The highest BCUT2D eigenvalue weighted by atomic mass is 19.3. The lowest BCUT2D eigenvalue weighted by Crippen LogP contribution is -2.11. The zero-order valence-electron chi connectivity index (χ0n) is 14.1. The molecule has 0 saturated heterocycles. The molecule has 1 fully saturated rings. The monoisotopic (exact) mass is 326 g/mol. The van der Waals surface area contributed by atoms with Crippen LogP contribution in [0.1, 0.15) is 49.7 Å². The maximum atomic E-state index is 12.4. The Bertz CT molecular complexity index is 671. The summed E-state index contributed by atoms with van der Waals surface area (Å²) in [5, 5.41) is 0. The van der Waals surface area contributed by atoms with E-state index in [-0.39, 0.29) is 5.92 Å². The van der Waals surface area contributed by atoms with Gasteiger partial charge in [-0.3, -0.25) is 0 Å². The van der Waals surface area contributed by atoms with E-state index in [1.54, 1.807) is 0 Å². The smallest absolute Gasteiger partial charge is 0.174 e. The van der Waals surface area contributed by atoms with Gasteiger partial charge in [-0.1, -0.05) is 55.5 Å². The Kier molecular flexibility index (Phi) is 5.44. The van der Waals surface area contributed by atoms with Crippen LogP contribution in [0.15, 0.2) is 60.7 Å². The first kappa shape index (κ1) is 16.9. The Morgan fingerprint density at radius 2 is 1.42 bits per heavy atom. The number of halogens is 2. The summed E-state index contributed by atoms with van der Waals surface area (Å²) in [4.78, 5) is 0. The summed E-state index contributed by atoms with van der Waals surface area (Å²) in [5.41, 5.74) is 5.17. The minimum Gasteiger partial charge on any atom is -0.174 e. The molecule has 1 saturated carbocycles. The average Bonchev–Trinajstić information content (AvgIpc) is 2.62. The van der Waals surface area contributed by atoms with Gasteiger partial charge >= 0.3 is 0 Å². The van der Waals surface area contributed by atoms with Gasteiger partial charge in [-0.25, -0.2) is 0 Å². The Labute approximate surface area is 143 Å². The van der Waals surface area contributed by atoms with Crippen molar-refractivity contribution in [2.75, 3.05) is 0 Å². The van der Waals surface area contributed by atoms with E-state index < -0.39 is 6.08 Å². The number of aryl methyl sites for hydroxylation is 1. The van der Waals surface area contributed by atoms with E-state index in [9.17, 15) is 8.78 Å². The first-order valence-corrected chi connectivity index (χ1v) is 8.88. The van der Waals surface area contributed by atoms with Gasteiger partial charge in [0.15, 0.2) is 0 Å². The maximum Gasteiger partial charge on any atom is 0.266 e. The normalized spacial score (nSPS) is 20.6. The van der Waals surface area contributed by atoms with Crippen LogP contribution in [-0.2, 0) is 6.42 Å². The van der Waals surface area contributed by atoms with Crippen LogP contribution in [0.4, 0.5) is 8.78 Å². The van der Waals surface area contributed by atoms with Gasteiger partial charge in [-0.05, 0) is 72.3 Å². The van der Waals surface area contributed by atoms with E-state index in [0.717, 1.165) is 38.2 Å². The van der Waals surface area contributed by atoms with Crippen molar-refractivity contribution in [2.45, 2.75) is 44.9 Å². The highest BCUT2D eigenvalue weighted by molar-refractivity contribution is 5.64. The Morgan fingerprint density at radius 3 is 1.92 bits per heavy atom. The van der Waals surface area contributed by atoms with Gasteiger partial charge in [0.25, 0.3) is 6.08 Å². The maximum absolute atomic E-state index is 12.4. The third kappa shape index (κ3) is 4.11. The van der Waals surface area contributed by atoms with Crippen LogP contribution in [0.5, 0.6) is 0 Å². The third-order valence-electron chi connectivity index (χ3n) is 5.21. The van der Waals surface area contributed by atoms with Crippen molar-refractivity contribution in [1.82, 2.24) is 0 Å². The van der Waals surface area contributed by atoms with E-state index in [1.807, 2.05) is 0 Å². The first-order valence-electron chi connectivity index (χ1n) is 8.88. The van der Waals surface area contributed by atoms with Gasteiger partial charge in [0.2, 0.25) is 0 Å². The lowest BCUT2D eigenvalue weighted by atomic mass is 9.78. The summed E-state index contributed by atoms with van der Waals surface area (Å²) in [5.74, 6) is 0.566. The predicted octanol–water partition coefficient (Wildman–Crippen LogP) is 6.97. The Morgan fingerprint density at radius 1 is 0.875 bits per heavy atom. The quantitative estimate of drug-likeness (QED) is 0.569. The SMILES string of the molecule is CCc1ccc(-c2ccc(C3CCC(C=C(F)F)CC3)cc2)cc1. The molecule has 24 heavy (non-hydrogen) atoms. The fourth-order valence-corrected chi connectivity index (χ4v) is 3.68. The second-order valence-electron chi connectivity index (χ2n) is 6.74. The number of hydrogen-bond acceptors (Lipinski definition) is 0. The Balaban J connectivity index is 1.65. The molecular formula is C22H24F2. The van der Waals surface area contributed by atoms with Crippen molar-refractivity contribution < 1.29 is 8.78 Å². The molecule has 0 nitrogen and oxygen atoms in total. The van der Waals surface area contributed by atoms with E-state index in [2.05, 4.69) is 55.5 Å².